The molecule has 0 aliphatic carbocycles. The predicted molar refractivity (Wildman–Crippen MR) is 55.6 cm³/mol. The second-order valence-corrected chi connectivity index (χ2v) is 3.74. The molecule has 0 aliphatic rings. The SMILES string of the molecule is O[C@H](c1nnc2ccccc2c1Cl)C(F)(F)F. The van der Waals surface area contributed by atoms with Gasteiger partial charge in [-0.2, -0.15) is 23.4 Å². The third-order valence-corrected chi connectivity index (χ3v) is 2.60. The highest BCUT2D eigenvalue weighted by molar-refractivity contribution is 6.35. The Labute approximate surface area is 98.8 Å². The van der Waals surface area contributed by atoms with Gasteiger partial charge in [0.1, 0.15) is 5.69 Å². The van der Waals surface area contributed by atoms with Crippen LogP contribution in [0.15, 0.2) is 24.3 Å². The van der Waals surface area contributed by atoms with Gasteiger partial charge >= 0.3 is 6.18 Å². The van der Waals surface area contributed by atoms with Crippen molar-refractivity contribution in [3.63, 3.8) is 0 Å². The van der Waals surface area contributed by atoms with Crippen molar-refractivity contribution in [2.45, 2.75) is 12.3 Å². The Bertz CT molecular complexity index is 559. The maximum atomic E-state index is 12.3. The number of halogens is 4. The van der Waals surface area contributed by atoms with Crippen LogP contribution in [0.3, 0.4) is 0 Å². The van der Waals surface area contributed by atoms with E-state index >= 15 is 0 Å². The average molecular weight is 263 g/mol. The standard InChI is InChI=1S/C10H6ClF3N2O/c11-7-5-3-1-2-4-6(5)15-16-8(7)9(17)10(12,13)14/h1-4,9,17H/t9-/m1/s1. The molecule has 0 saturated heterocycles. The van der Waals surface area contributed by atoms with Gasteiger partial charge in [0, 0.05) is 5.39 Å². The fourth-order valence-corrected chi connectivity index (χ4v) is 1.67. The number of hydrogen-bond donors (Lipinski definition) is 1. The Hall–Kier alpha value is -1.40. The molecule has 90 valence electrons. The number of benzene rings is 1. The summed E-state index contributed by atoms with van der Waals surface area (Å²) in [5.74, 6) is 0. The van der Waals surface area contributed by atoms with Gasteiger partial charge < -0.3 is 5.11 Å². The molecule has 17 heavy (non-hydrogen) atoms. The first kappa shape index (κ1) is 12.1. The van der Waals surface area contributed by atoms with Gasteiger partial charge in [0.2, 0.25) is 0 Å². The maximum Gasteiger partial charge on any atom is 0.420 e. The van der Waals surface area contributed by atoms with Crippen LogP contribution in [0.1, 0.15) is 11.8 Å². The largest absolute Gasteiger partial charge is 0.420 e. The highest BCUT2D eigenvalue weighted by Crippen LogP contribution is 2.36. The van der Waals surface area contributed by atoms with E-state index in [2.05, 4.69) is 10.2 Å². The Balaban J connectivity index is 2.61. The van der Waals surface area contributed by atoms with Gasteiger partial charge in [-0.15, -0.1) is 0 Å². The number of rotatable bonds is 1. The van der Waals surface area contributed by atoms with E-state index in [1.165, 1.54) is 6.07 Å². The number of alkyl halides is 3. The van der Waals surface area contributed by atoms with Crippen molar-refractivity contribution in [3.05, 3.63) is 35.0 Å². The highest BCUT2D eigenvalue weighted by Gasteiger charge is 2.42. The molecule has 0 fully saturated rings. The lowest BCUT2D eigenvalue weighted by Crippen LogP contribution is -2.22. The molecule has 2 aromatic rings. The summed E-state index contributed by atoms with van der Waals surface area (Å²) in [7, 11) is 0. The topological polar surface area (TPSA) is 46.0 Å². The summed E-state index contributed by atoms with van der Waals surface area (Å²) in [6, 6.07) is 6.35. The van der Waals surface area contributed by atoms with Crippen LogP contribution in [-0.2, 0) is 0 Å². The van der Waals surface area contributed by atoms with Crippen LogP contribution in [0, 0.1) is 0 Å². The van der Waals surface area contributed by atoms with E-state index in [9.17, 15) is 13.2 Å². The van der Waals surface area contributed by atoms with E-state index in [1.54, 1.807) is 18.2 Å². The molecule has 0 bridgehead atoms. The fourth-order valence-electron chi connectivity index (χ4n) is 1.37. The van der Waals surface area contributed by atoms with Crippen molar-refractivity contribution < 1.29 is 18.3 Å². The third kappa shape index (κ3) is 2.18. The number of aliphatic hydroxyl groups excluding tert-OH is 1. The molecule has 3 nitrogen and oxygen atoms in total. The summed E-state index contributed by atoms with van der Waals surface area (Å²) in [6.07, 6.45) is -7.55. The molecule has 1 aromatic carbocycles. The van der Waals surface area contributed by atoms with Crippen LogP contribution in [0.5, 0.6) is 0 Å². The van der Waals surface area contributed by atoms with Crippen LogP contribution >= 0.6 is 11.6 Å². The van der Waals surface area contributed by atoms with Crippen LogP contribution in [0.25, 0.3) is 10.9 Å². The number of nitrogens with zero attached hydrogens (tertiary/aromatic N) is 2. The summed E-state index contributed by atoms with van der Waals surface area (Å²) in [5, 5.41) is 16.1. The lowest BCUT2D eigenvalue weighted by atomic mass is 10.1. The predicted octanol–water partition coefficient (Wildman–Crippen LogP) is 2.88. The Morgan fingerprint density at radius 1 is 1.18 bits per heavy atom. The lowest BCUT2D eigenvalue weighted by molar-refractivity contribution is -0.208. The molecule has 0 amide bonds. The summed E-state index contributed by atoms with van der Waals surface area (Å²) < 4.78 is 37.0. The molecule has 0 unspecified atom stereocenters. The number of aliphatic hydroxyl groups is 1. The Morgan fingerprint density at radius 2 is 1.82 bits per heavy atom. The smallest absolute Gasteiger partial charge is 0.378 e. The van der Waals surface area contributed by atoms with Crippen LogP contribution in [-0.4, -0.2) is 21.5 Å². The normalized spacial score (nSPS) is 13.9. The third-order valence-electron chi connectivity index (χ3n) is 2.20. The minimum absolute atomic E-state index is 0.236. The molecule has 2 rings (SSSR count). The van der Waals surface area contributed by atoms with Crippen molar-refractivity contribution in [2.75, 3.05) is 0 Å². The molecule has 0 radical (unpaired) electrons. The maximum absolute atomic E-state index is 12.3. The van der Waals surface area contributed by atoms with E-state index in [0.717, 1.165) is 0 Å². The molecule has 7 heteroatoms. The first-order valence-corrected chi connectivity index (χ1v) is 4.94. The summed E-state index contributed by atoms with van der Waals surface area (Å²) in [6.45, 7) is 0. The van der Waals surface area contributed by atoms with Crippen molar-refractivity contribution in [2.24, 2.45) is 0 Å². The molecule has 1 aromatic heterocycles. The van der Waals surface area contributed by atoms with Crippen LogP contribution < -0.4 is 0 Å². The molecular weight excluding hydrogens is 257 g/mol. The van der Waals surface area contributed by atoms with Crippen molar-refractivity contribution in [1.29, 1.82) is 0 Å². The second kappa shape index (κ2) is 4.12. The fraction of sp³-hybridized carbons (Fsp3) is 0.200. The van der Waals surface area contributed by atoms with Gasteiger partial charge in [0.25, 0.3) is 0 Å². The zero-order valence-electron chi connectivity index (χ0n) is 8.24. The summed E-state index contributed by atoms with van der Waals surface area (Å²) in [5.41, 5.74) is -0.312. The Morgan fingerprint density at radius 3 is 2.47 bits per heavy atom. The minimum Gasteiger partial charge on any atom is -0.378 e. The summed E-state index contributed by atoms with van der Waals surface area (Å²) in [4.78, 5) is 0. The minimum atomic E-state index is -4.82. The first-order valence-electron chi connectivity index (χ1n) is 4.57. The second-order valence-electron chi connectivity index (χ2n) is 3.36. The molecule has 0 aliphatic heterocycles. The highest BCUT2D eigenvalue weighted by atomic mass is 35.5. The Kier molecular flexibility index (Phi) is 2.92. The van der Waals surface area contributed by atoms with Gasteiger partial charge in [-0.1, -0.05) is 29.8 Å². The zero-order valence-corrected chi connectivity index (χ0v) is 9.00. The van der Waals surface area contributed by atoms with Crippen molar-refractivity contribution in [3.8, 4) is 0 Å². The van der Waals surface area contributed by atoms with E-state index in [0.29, 0.717) is 10.9 Å². The van der Waals surface area contributed by atoms with Gasteiger partial charge in [-0.3, -0.25) is 0 Å². The molecule has 0 spiro atoms. The van der Waals surface area contributed by atoms with Crippen LogP contribution in [0.2, 0.25) is 5.02 Å². The average Bonchev–Trinajstić information content (AvgIpc) is 2.28. The number of hydrogen-bond acceptors (Lipinski definition) is 3. The summed E-state index contributed by atoms with van der Waals surface area (Å²) >= 11 is 5.78. The number of fused-ring (bicyclic) bond motifs is 1. The van der Waals surface area contributed by atoms with Gasteiger partial charge in [-0.25, -0.2) is 0 Å². The van der Waals surface area contributed by atoms with E-state index in [1.807, 2.05) is 0 Å². The monoisotopic (exact) mass is 262 g/mol. The van der Waals surface area contributed by atoms with Crippen molar-refractivity contribution >= 4 is 22.5 Å². The number of aromatic nitrogens is 2. The van der Waals surface area contributed by atoms with E-state index < -0.39 is 18.0 Å². The van der Waals surface area contributed by atoms with E-state index in [4.69, 9.17) is 16.7 Å². The van der Waals surface area contributed by atoms with Gasteiger partial charge in [-0.05, 0) is 6.07 Å². The molecule has 1 N–H and O–H groups in total. The molecule has 1 heterocycles. The van der Waals surface area contributed by atoms with Crippen LogP contribution in [0.4, 0.5) is 13.2 Å². The van der Waals surface area contributed by atoms with Crippen molar-refractivity contribution in [1.82, 2.24) is 10.2 Å². The first-order chi connectivity index (χ1) is 7.91. The molecular formula is C10H6ClF3N2O. The molecule has 0 saturated carbocycles. The van der Waals surface area contributed by atoms with Gasteiger partial charge in [0.05, 0.1) is 10.5 Å². The van der Waals surface area contributed by atoms with Gasteiger partial charge in [0.15, 0.2) is 6.10 Å². The van der Waals surface area contributed by atoms with E-state index in [-0.39, 0.29) is 5.02 Å². The quantitative estimate of drug-likeness (QED) is 0.859. The molecule has 1 atom stereocenters. The lowest BCUT2D eigenvalue weighted by Gasteiger charge is -2.15. The zero-order chi connectivity index (χ0) is 12.6.